The Labute approximate surface area is 262 Å². The predicted molar refractivity (Wildman–Crippen MR) is 157 cm³/mol. The van der Waals surface area contributed by atoms with Crippen LogP contribution in [0.5, 0.6) is 11.5 Å². The highest BCUT2D eigenvalue weighted by Gasteiger charge is 2.57. The number of hydrogen-bond donors (Lipinski definition) is 9. The summed E-state index contributed by atoms with van der Waals surface area (Å²) in [6.45, 7) is 8.92. The minimum atomic E-state index is -1.64. The maximum Gasteiger partial charge on any atom is 0.229 e. The molecule has 1 aromatic rings. The lowest BCUT2D eigenvalue weighted by Crippen LogP contribution is -2.62. The molecule has 45 heavy (non-hydrogen) atoms. The monoisotopic (exact) mass is 642 g/mol. The molecule has 0 spiro atoms. The van der Waals surface area contributed by atoms with Crippen molar-refractivity contribution in [3.8, 4) is 11.5 Å². The van der Waals surface area contributed by atoms with Crippen LogP contribution in [0.2, 0.25) is 0 Å². The molecular weight excluding hydrogens is 592 g/mol. The highest BCUT2D eigenvalue weighted by atomic mass is 16.7. The summed E-state index contributed by atoms with van der Waals surface area (Å²) in [6.07, 6.45) is -12.3. The molecule has 2 saturated heterocycles. The molecule has 2 aliphatic heterocycles. The summed E-state index contributed by atoms with van der Waals surface area (Å²) in [7, 11) is 0. The average Bonchev–Trinajstić information content (AvgIpc) is 2.99. The first-order valence-corrected chi connectivity index (χ1v) is 15.9. The number of phenols is 1. The number of hydrogen-bond acceptors (Lipinski definition) is 13. The maximum absolute atomic E-state index is 12.0. The SMILES string of the molecule is CC(C)c1cc2c(c(O)c1O[C@@H]1O[C@H](CO)[C@@H](O)[C@H](O)[C@H]1O)[C@@]1(C)CC[C@H](O[C@@H]3O[C@H](CO)[C@@H](O)[C@H](O)[C@H]3O)C(C)(C)[C@@H]1CC2. The molecule has 13 nitrogen and oxygen atoms in total. The topological polar surface area (TPSA) is 219 Å². The summed E-state index contributed by atoms with van der Waals surface area (Å²) in [6, 6.07) is 2.00. The van der Waals surface area contributed by atoms with E-state index in [1.165, 1.54) is 0 Å². The Morgan fingerprint density at radius 1 is 0.822 bits per heavy atom. The smallest absolute Gasteiger partial charge is 0.229 e. The third-order valence-electron chi connectivity index (χ3n) is 10.9. The van der Waals surface area contributed by atoms with Crippen LogP contribution < -0.4 is 4.74 Å². The van der Waals surface area contributed by atoms with E-state index in [2.05, 4.69) is 20.8 Å². The lowest BCUT2D eigenvalue weighted by Gasteiger charge is -2.58. The van der Waals surface area contributed by atoms with E-state index in [1.54, 1.807) is 0 Å². The van der Waals surface area contributed by atoms with Crippen molar-refractivity contribution in [2.75, 3.05) is 13.2 Å². The van der Waals surface area contributed by atoms with E-state index in [0.29, 0.717) is 30.4 Å². The largest absolute Gasteiger partial charge is 0.504 e. The molecule has 0 radical (unpaired) electrons. The molecular formula is C32H50O13. The van der Waals surface area contributed by atoms with Crippen LogP contribution in [-0.2, 0) is 26.0 Å². The molecule has 9 N–H and O–H groups in total. The first kappa shape index (κ1) is 34.7. The van der Waals surface area contributed by atoms with Crippen molar-refractivity contribution in [3.05, 3.63) is 22.8 Å². The summed E-state index contributed by atoms with van der Waals surface area (Å²) < 4.78 is 23.7. The Kier molecular flexibility index (Phi) is 9.85. The quantitative estimate of drug-likeness (QED) is 0.184. The molecule has 13 heteroatoms. The highest BCUT2D eigenvalue weighted by molar-refractivity contribution is 5.60. The highest BCUT2D eigenvalue weighted by Crippen LogP contribution is 2.61. The van der Waals surface area contributed by atoms with Crippen LogP contribution in [0.3, 0.4) is 0 Å². The molecule has 256 valence electrons. The lowest BCUT2D eigenvalue weighted by molar-refractivity contribution is -0.325. The van der Waals surface area contributed by atoms with Crippen LogP contribution in [0.15, 0.2) is 6.07 Å². The standard InChI is InChI=1S/C32H50O13/c1-13(2)15-10-14-6-7-18-31(3,4)19(44-29-26(40)24(38)21(35)16(11-33)42-29)8-9-32(18,5)20(14)23(37)28(15)45-30-27(41)25(39)22(36)17(12-34)43-30/h10,13,16-19,21-22,24-27,29-30,33-41H,6-9,11-12H2,1-5H3/t16-,17-,18+,19+,21-,22-,24+,25+,26-,27-,29+,30+,32+/m1/s1. The van der Waals surface area contributed by atoms with Gasteiger partial charge in [-0.1, -0.05) is 40.7 Å². The molecule has 3 fully saturated rings. The van der Waals surface area contributed by atoms with Crippen LogP contribution in [-0.4, -0.2) is 127 Å². The number of benzene rings is 1. The first-order chi connectivity index (χ1) is 21.1. The zero-order valence-electron chi connectivity index (χ0n) is 26.5. The Balaban J connectivity index is 1.46. The number of phenolic OH excluding ortho intramolecular Hbond substituents is 1. The van der Waals surface area contributed by atoms with Crippen LogP contribution in [0.25, 0.3) is 0 Å². The van der Waals surface area contributed by atoms with Crippen molar-refractivity contribution >= 4 is 0 Å². The van der Waals surface area contributed by atoms with Gasteiger partial charge in [0.1, 0.15) is 48.8 Å². The van der Waals surface area contributed by atoms with Gasteiger partial charge in [0.15, 0.2) is 17.8 Å². The predicted octanol–water partition coefficient (Wildman–Crippen LogP) is -0.480. The summed E-state index contributed by atoms with van der Waals surface area (Å²) >= 11 is 0. The second-order valence-corrected chi connectivity index (χ2v) is 14.3. The Morgan fingerprint density at radius 3 is 1.93 bits per heavy atom. The summed E-state index contributed by atoms with van der Waals surface area (Å²) in [5, 5.41) is 93.6. The van der Waals surface area contributed by atoms with Gasteiger partial charge in [0.05, 0.1) is 19.3 Å². The number of ether oxygens (including phenoxy) is 4. The lowest BCUT2D eigenvalue weighted by atomic mass is 9.49. The Morgan fingerprint density at radius 2 is 1.38 bits per heavy atom. The minimum absolute atomic E-state index is 0.0305. The van der Waals surface area contributed by atoms with Crippen molar-refractivity contribution < 1.29 is 64.9 Å². The van der Waals surface area contributed by atoms with E-state index in [-0.39, 0.29) is 23.3 Å². The number of aliphatic hydroxyl groups excluding tert-OH is 8. The molecule has 1 aromatic carbocycles. The van der Waals surface area contributed by atoms with Gasteiger partial charge in [-0.05, 0) is 48.5 Å². The second kappa shape index (κ2) is 12.8. The number of aromatic hydroxyl groups is 1. The van der Waals surface area contributed by atoms with Crippen molar-refractivity contribution in [1.29, 1.82) is 0 Å². The second-order valence-electron chi connectivity index (χ2n) is 14.3. The normalized spacial score (nSPS) is 43.1. The van der Waals surface area contributed by atoms with Crippen LogP contribution >= 0.6 is 0 Å². The molecule has 2 aliphatic carbocycles. The maximum atomic E-state index is 12.0. The van der Waals surface area contributed by atoms with Gasteiger partial charge in [-0.15, -0.1) is 0 Å². The molecule has 0 aromatic heterocycles. The van der Waals surface area contributed by atoms with Gasteiger partial charge in [0.25, 0.3) is 0 Å². The van der Waals surface area contributed by atoms with Crippen LogP contribution in [0, 0.1) is 11.3 Å². The molecule has 0 unspecified atom stereocenters. The van der Waals surface area contributed by atoms with Gasteiger partial charge in [-0.2, -0.15) is 0 Å². The molecule has 0 bridgehead atoms. The molecule has 5 rings (SSSR count). The van der Waals surface area contributed by atoms with Crippen LogP contribution in [0.4, 0.5) is 0 Å². The minimum Gasteiger partial charge on any atom is -0.504 e. The molecule has 4 aliphatic rings. The summed E-state index contributed by atoms with van der Waals surface area (Å²) in [5.41, 5.74) is 1.29. The molecule has 0 amide bonds. The van der Waals surface area contributed by atoms with E-state index >= 15 is 0 Å². The summed E-state index contributed by atoms with van der Waals surface area (Å²) in [4.78, 5) is 0. The van der Waals surface area contributed by atoms with Gasteiger partial charge < -0.3 is 64.9 Å². The fraction of sp³-hybridized carbons (Fsp3) is 0.812. The fourth-order valence-electron chi connectivity index (χ4n) is 8.29. The van der Waals surface area contributed by atoms with Crippen LogP contribution in [0.1, 0.15) is 76.5 Å². The Bertz CT molecular complexity index is 1200. The van der Waals surface area contributed by atoms with E-state index in [1.807, 2.05) is 19.9 Å². The zero-order valence-corrected chi connectivity index (χ0v) is 26.5. The van der Waals surface area contributed by atoms with Gasteiger partial charge in [0, 0.05) is 16.5 Å². The number of aliphatic hydroxyl groups is 8. The van der Waals surface area contributed by atoms with E-state index in [0.717, 1.165) is 12.0 Å². The number of rotatable bonds is 7. The fourth-order valence-corrected chi connectivity index (χ4v) is 8.29. The van der Waals surface area contributed by atoms with Gasteiger partial charge in [-0.25, -0.2) is 0 Å². The summed E-state index contributed by atoms with van der Waals surface area (Å²) in [5.74, 6) is -0.111. The molecule has 2 heterocycles. The number of aryl methyl sites for hydroxylation is 1. The van der Waals surface area contributed by atoms with Crippen molar-refractivity contribution in [1.82, 2.24) is 0 Å². The molecule has 1 saturated carbocycles. The van der Waals surface area contributed by atoms with Crippen molar-refractivity contribution in [3.63, 3.8) is 0 Å². The number of fused-ring (bicyclic) bond motifs is 3. The van der Waals surface area contributed by atoms with Crippen molar-refractivity contribution in [2.24, 2.45) is 11.3 Å². The Hall–Kier alpha value is -1.62. The zero-order chi connectivity index (χ0) is 33.2. The molecule has 13 atom stereocenters. The first-order valence-electron chi connectivity index (χ1n) is 15.9. The third kappa shape index (κ3) is 5.78. The van der Waals surface area contributed by atoms with Gasteiger partial charge >= 0.3 is 0 Å². The third-order valence-corrected chi connectivity index (χ3v) is 10.9. The van der Waals surface area contributed by atoms with E-state index in [4.69, 9.17) is 18.9 Å². The van der Waals surface area contributed by atoms with Gasteiger partial charge in [-0.3, -0.25) is 0 Å². The van der Waals surface area contributed by atoms with E-state index < -0.39 is 91.6 Å². The average molecular weight is 643 g/mol. The van der Waals surface area contributed by atoms with Crippen molar-refractivity contribution in [2.45, 2.75) is 139 Å². The van der Waals surface area contributed by atoms with Gasteiger partial charge in [0.2, 0.25) is 6.29 Å². The van der Waals surface area contributed by atoms with E-state index in [9.17, 15) is 46.0 Å².